The van der Waals surface area contributed by atoms with Crippen molar-refractivity contribution in [1.29, 1.82) is 0 Å². The summed E-state index contributed by atoms with van der Waals surface area (Å²) in [6.45, 7) is -0.118. The Kier molecular flexibility index (Phi) is 15.6. The van der Waals surface area contributed by atoms with Crippen LogP contribution in [0.3, 0.4) is 0 Å². The summed E-state index contributed by atoms with van der Waals surface area (Å²) in [6, 6.07) is 12.2. The standard InChI is InChI=1S/C24H21N5O13S3.2Cu/c30-19-4-3-14(43-41-39-34)9-16(19)26-27-17-10-21(32)18(11-20(17)31)28-29-23-22(44-42-40-35)7-12-1-2-13(8-15(12)24(23)33)25-5-6-45(36,37)38;;/h1-4,7-11,25,30-35H,5-6H2,(H,36,37,38);;. The smallest absolute Gasteiger partial charge is 0.266 e. The van der Waals surface area contributed by atoms with Gasteiger partial charge in [-0.05, 0) is 41.8 Å². The van der Waals surface area contributed by atoms with E-state index < -0.39 is 33.1 Å². The SMILES string of the molecule is O=S(=O)(O)CCNc1ccc2cc(SOOO)c(N=Nc3cc(O)c(N=Nc4cc(SOOO)ccc4O)cc3O)c(O)c2c1.[Cu].[Cu]. The molecule has 2 radical (unpaired) electrons. The van der Waals surface area contributed by atoms with Gasteiger partial charge in [-0.2, -0.15) is 8.42 Å². The number of nitrogens with one attached hydrogen (secondary N) is 1. The number of nitrogens with zero attached hydrogens (tertiary/aromatic N) is 4. The maximum Gasteiger partial charge on any atom is 0.266 e. The second-order valence-electron chi connectivity index (χ2n) is 8.55. The van der Waals surface area contributed by atoms with Crippen LogP contribution in [-0.4, -0.2) is 56.2 Å². The van der Waals surface area contributed by atoms with Gasteiger partial charge in [0.05, 0.1) is 34.7 Å². The molecule has 0 saturated carbocycles. The number of hydrogen-bond donors (Lipinski definition) is 8. The molecule has 0 aliphatic rings. The van der Waals surface area contributed by atoms with Crippen LogP contribution in [0.1, 0.15) is 0 Å². The van der Waals surface area contributed by atoms with Gasteiger partial charge in [0, 0.05) is 68.8 Å². The van der Waals surface area contributed by atoms with Crippen LogP contribution in [0.25, 0.3) is 10.8 Å². The number of hydrogen-bond acceptors (Lipinski definition) is 19. The quantitative estimate of drug-likeness (QED) is 0.0126. The molecular formula is C24H21Cu2N5O13S3. The number of aromatic hydroxyl groups is 4. The van der Waals surface area contributed by atoms with E-state index in [9.17, 15) is 28.8 Å². The summed E-state index contributed by atoms with van der Waals surface area (Å²) in [5.74, 6) is -2.26. The second-order valence-corrected chi connectivity index (χ2v) is 11.6. The molecule has 0 aliphatic heterocycles. The number of anilines is 1. The van der Waals surface area contributed by atoms with Crippen molar-refractivity contribution < 1.29 is 96.8 Å². The van der Waals surface area contributed by atoms with E-state index in [1.807, 2.05) is 0 Å². The van der Waals surface area contributed by atoms with Gasteiger partial charge in [0.25, 0.3) is 10.1 Å². The monoisotopic (exact) mass is 809 g/mol. The maximum absolute atomic E-state index is 11.0. The predicted molar refractivity (Wildman–Crippen MR) is 158 cm³/mol. The third-order valence-electron chi connectivity index (χ3n) is 5.60. The fourth-order valence-electron chi connectivity index (χ4n) is 3.60. The van der Waals surface area contributed by atoms with Gasteiger partial charge in [-0.15, -0.1) is 29.1 Å². The summed E-state index contributed by atoms with van der Waals surface area (Å²) in [5.41, 5.74) is -0.327. The van der Waals surface area contributed by atoms with Crippen molar-refractivity contribution >= 4 is 73.4 Å². The Bertz CT molecular complexity index is 1870. The molecule has 0 unspecified atom stereocenters. The number of phenolic OH excluding ortho intramolecular Hbond substituents is 4. The van der Waals surface area contributed by atoms with Crippen LogP contribution in [0.2, 0.25) is 0 Å². The third-order valence-corrected chi connectivity index (χ3v) is 7.51. The van der Waals surface area contributed by atoms with E-state index in [4.69, 9.17) is 15.1 Å². The van der Waals surface area contributed by atoms with E-state index in [2.05, 4.69) is 44.5 Å². The minimum Gasteiger partial charge on any atom is -0.506 e. The minimum absolute atomic E-state index is 0. The van der Waals surface area contributed by atoms with E-state index in [0.717, 1.165) is 12.1 Å². The molecule has 0 amide bonds. The molecule has 0 aromatic heterocycles. The largest absolute Gasteiger partial charge is 0.506 e. The van der Waals surface area contributed by atoms with E-state index in [-0.39, 0.29) is 79.5 Å². The molecule has 47 heavy (non-hydrogen) atoms. The molecule has 18 nitrogen and oxygen atoms in total. The van der Waals surface area contributed by atoms with E-state index in [1.54, 1.807) is 12.1 Å². The van der Waals surface area contributed by atoms with Crippen molar-refractivity contribution in [1.82, 2.24) is 0 Å². The molecule has 0 saturated heterocycles. The van der Waals surface area contributed by atoms with Crippen molar-refractivity contribution in [2.75, 3.05) is 17.6 Å². The third kappa shape index (κ3) is 11.2. The minimum atomic E-state index is -4.20. The average Bonchev–Trinajstić information content (AvgIpc) is 3.00. The molecule has 0 fully saturated rings. The molecule has 0 heterocycles. The van der Waals surface area contributed by atoms with Gasteiger partial charge in [-0.3, -0.25) is 4.55 Å². The Morgan fingerprint density at radius 3 is 1.94 bits per heavy atom. The first-order chi connectivity index (χ1) is 21.5. The van der Waals surface area contributed by atoms with E-state index in [1.165, 1.54) is 30.3 Å². The molecule has 260 valence electrons. The van der Waals surface area contributed by atoms with Crippen LogP contribution in [0.4, 0.5) is 28.4 Å². The summed E-state index contributed by atoms with van der Waals surface area (Å²) < 4.78 is 39.7. The molecule has 0 atom stereocenters. The van der Waals surface area contributed by atoms with Crippen LogP contribution in [0.5, 0.6) is 23.0 Å². The van der Waals surface area contributed by atoms with E-state index in [0.29, 0.717) is 40.1 Å². The zero-order valence-corrected chi connectivity index (χ0v) is 27.1. The zero-order valence-electron chi connectivity index (χ0n) is 22.8. The number of benzene rings is 4. The van der Waals surface area contributed by atoms with Crippen LogP contribution in [0.15, 0.2) is 84.8 Å². The summed E-state index contributed by atoms with van der Waals surface area (Å²) in [7, 11) is -4.20. The number of phenols is 4. The molecule has 8 N–H and O–H groups in total. The van der Waals surface area contributed by atoms with Gasteiger partial charge >= 0.3 is 0 Å². The zero-order chi connectivity index (χ0) is 32.6. The molecule has 0 spiro atoms. The normalized spacial score (nSPS) is 11.6. The molecule has 23 heteroatoms. The first kappa shape index (κ1) is 39.9. The maximum atomic E-state index is 11.0. The van der Waals surface area contributed by atoms with Gasteiger partial charge in [-0.25, -0.2) is 10.5 Å². The van der Waals surface area contributed by atoms with Crippen LogP contribution in [0, 0.1) is 0 Å². The number of rotatable bonds is 14. The summed E-state index contributed by atoms with van der Waals surface area (Å²) >= 11 is 1.08. The Morgan fingerprint density at radius 1 is 0.723 bits per heavy atom. The molecule has 0 bridgehead atoms. The fourth-order valence-corrected chi connectivity index (χ4v) is 4.85. The average molecular weight is 811 g/mol. The molecule has 4 rings (SSSR count). The Labute approximate surface area is 294 Å². The van der Waals surface area contributed by atoms with Crippen molar-refractivity contribution in [3.05, 3.63) is 54.6 Å². The van der Waals surface area contributed by atoms with Gasteiger partial charge in [-0.1, -0.05) is 16.1 Å². The van der Waals surface area contributed by atoms with Gasteiger partial charge in [0.2, 0.25) is 0 Å². The second kappa shape index (κ2) is 18.3. The predicted octanol–water partition coefficient (Wildman–Crippen LogP) is 6.64. The van der Waals surface area contributed by atoms with Crippen molar-refractivity contribution in [2.24, 2.45) is 20.5 Å². The van der Waals surface area contributed by atoms with Crippen LogP contribution >= 0.6 is 24.1 Å². The Morgan fingerprint density at radius 2 is 1.32 bits per heavy atom. The topological polar surface area (TPSA) is 274 Å². The number of azo groups is 2. The van der Waals surface area contributed by atoms with Gasteiger partial charge in [0.1, 0.15) is 40.0 Å². The van der Waals surface area contributed by atoms with Crippen molar-refractivity contribution in [3.8, 4) is 23.0 Å². The number of fused-ring (bicyclic) bond motifs is 1. The summed E-state index contributed by atoms with van der Waals surface area (Å²) in [5, 5.41) is 85.2. The molecule has 4 aromatic carbocycles. The van der Waals surface area contributed by atoms with Crippen LogP contribution in [-0.2, 0) is 63.0 Å². The first-order valence-corrected chi connectivity index (χ1v) is 15.1. The first-order valence-electron chi connectivity index (χ1n) is 12.0. The Balaban J connectivity index is 0.00000384. The van der Waals surface area contributed by atoms with Gasteiger partial charge in [0.15, 0.2) is 5.75 Å². The molecular weight excluding hydrogens is 790 g/mol. The molecule has 4 aromatic rings. The molecule has 0 aliphatic carbocycles. The Hall–Kier alpha value is -3.25. The fraction of sp³-hybridized carbons (Fsp3) is 0.0833. The van der Waals surface area contributed by atoms with Crippen molar-refractivity contribution in [3.63, 3.8) is 0 Å². The van der Waals surface area contributed by atoms with Gasteiger partial charge < -0.3 is 25.7 Å². The summed E-state index contributed by atoms with van der Waals surface area (Å²) in [4.78, 5) is 0.476. The van der Waals surface area contributed by atoms with E-state index >= 15 is 0 Å². The van der Waals surface area contributed by atoms with Crippen molar-refractivity contribution in [2.45, 2.75) is 9.79 Å². The van der Waals surface area contributed by atoms with Crippen LogP contribution < -0.4 is 5.32 Å². The summed E-state index contributed by atoms with van der Waals surface area (Å²) in [6.07, 6.45) is 0.